The molecule has 6 nitrogen and oxygen atoms in total. The lowest BCUT2D eigenvalue weighted by atomic mass is 10.3. The van der Waals surface area contributed by atoms with E-state index in [9.17, 15) is 14.9 Å². The van der Waals surface area contributed by atoms with E-state index in [1.54, 1.807) is 11.9 Å². The van der Waals surface area contributed by atoms with Gasteiger partial charge in [-0.25, -0.2) is 0 Å². The van der Waals surface area contributed by atoms with Crippen LogP contribution in [0.5, 0.6) is 0 Å². The van der Waals surface area contributed by atoms with E-state index >= 15 is 0 Å². The van der Waals surface area contributed by atoms with Crippen LogP contribution < -0.4 is 0 Å². The number of hydrogen-bond acceptors (Lipinski definition) is 3. The molecule has 1 heterocycles. The molecule has 0 saturated heterocycles. The number of nitrogens with zero attached hydrogens (tertiary/aromatic N) is 3. The third-order valence-corrected chi connectivity index (χ3v) is 2.91. The Morgan fingerprint density at radius 2 is 2.22 bits per heavy atom. The van der Waals surface area contributed by atoms with Crippen molar-refractivity contribution in [3.8, 4) is 0 Å². The molecule has 0 N–H and O–H groups in total. The van der Waals surface area contributed by atoms with E-state index in [4.69, 9.17) is 0 Å². The molecule has 0 unspecified atom stereocenters. The van der Waals surface area contributed by atoms with Crippen LogP contribution in [-0.4, -0.2) is 38.7 Å². The average molecular weight is 318 g/mol. The maximum atomic E-state index is 12.2. The zero-order chi connectivity index (χ0) is 13.7. The third-order valence-electron chi connectivity index (χ3n) is 2.56. The second-order valence-corrected chi connectivity index (χ2v) is 4.73. The van der Waals surface area contributed by atoms with Crippen LogP contribution in [0.3, 0.4) is 0 Å². The molecule has 0 spiro atoms. The van der Waals surface area contributed by atoms with E-state index in [2.05, 4.69) is 15.9 Å². The van der Waals surface area contributed by atoms with Crippen molar-refractivity contribution in [2.75, 3.05) is 18.4 Å². The van der Waals surface area contributed by atoms with E-state index in [1.807, 2.05) is 6.92 Å². The minimum absolute atomic E-state index is 0.0591. The molecule has 0 saturated carbocycles. The van der Waals surface area contributed by atoms with E-state index in [0.29, 0.717) is 24.1 Å². The normalized spacial score (nSPS) is 10.4. The predicted molar refractivity (Wildman–Crippen MR) is 72.1 cm³/mol. The zero-order valence-corrected chi connectivity index (χ0v) is 12.0. The number of halogens is 1. The molecule has 0 aliphatic rings. The van der Waals surface area contributed by atoms with Gasteiger partial charge in [-0.15, -0.1) is 0 Å². The van der Waals surface area contributed by atoms with Gasteiger partial charge in [0.05, 0.1) is 11.1 Å². The molecular weight excluding hydrogens is 302 g/mol. The molecule has 18 heavy (non-hydrogen) atoms. The fraction of sp³-hybridized carbons (Fsp3) is 0.545. The smallest absolute Gasteiger partial charge is 0.287 e. The van der Waals surface area contributed by atoms with Crippen LogP contribution in [0.4, 0.5) is 5.69 Å². The summed E-state index contributed by atoms with van der Waals surface area (Å²) in [6.07, 6.45) is 2.21. The highest BCUT2D eigenvalue weighted by atomic mass is 79.9. The first-order chi connectivity index (χ1) is 8.51. The number of carbonyl (C=O) groups is 1. The molecule has 0 aliphatic carbocycles. The van der Waals surface area contributed by atoms with Crippen LogP contribution in [0, 0.1) is 10.1 Å². The molecule has 0 aliphatic heterocycles. The standard InChI is InChI=1S/C11H16BrN3O3/c1-3-5-14(6-4-12)11(16)10-7-9(15(17)18)8-13(10)2/h7-8H,3-6H2,1-2H3. The SMILES string of the molecule is CCCN(CCBr)C(=O)c1cc([N+](=O)[O-])cn1C. The number of rotatable bonds is 6. The molecule has 0 fully saturated rings. The summed E-state index contributed by atoms with van der Waals surface area (Å²) in [6.45, 7) is 3.22. The monoisotopic (exact) mass is 317 g/mol. The number of alkyl halides is 1. The number of amides is 1. The van der Waals surface area contributed by atoms with Gasteiger partial charge in [-0.1, -0.05) is 22.9 Å². The van der Waals surface area contributed by atoms with Crippen molar-refractivity contribution >= 4 is 27.5 Å². The van der Waals surface area contributed by atoms with Crippen LogP contribution >= 0.6 is 15.9 Å². The van der Waals surface area contributed by atoms with Crippen molar-refractivity contribution in [2.45, 2.75) is 13.3 Å². The van der Waals surface area contributed by atoms with E-state index in [1.165, 1.54) is 16.8 Å². The molecule has 1 amide bonds. The van der Waals surface area contributed by atoms with Crippen LogP contribution in [0.1, 0.15) is 23.8 Å². The molecule has 0 bridgehead atoms. The summed E-state index contributed by atoms with van der Waals surface area (Å²) < 4.78 is 1.50. The maximum absolute atomic E-state index is 12.2. The zero-order valence-electron chi connectivity index (χ0n) is 10.4. The van der Waals surface area contributed by atoms with Crippen molar-refractivity contribution in [3.63, 3.8) is 0 Å². The number of nitro groups is 1. The van der Waals surface area contributed by atoms with E-state index in [0.717, 1.165) is 6.42 Å². The van der Waals surface area contributed by atoms with Gasteiger partial charge >= 0.3 is 0 Å². The molecule has 1 rings (SSSR count). The van der Waals surface area contributed by atoms with Gasteiger partial charge in [-0.3, -0.25) is 14.9 Å². The lowest BCUT2D eigenvalue weighted by Crippen LogP contribution is -2.34. The van der Waals surface area contributed by atoms with Gasteiger partial charge in [0.25, 0.3) is 11.6 Å². The molecule has 0 radical (unpaired) electrons. The highest BCUT2D eigenvalue weighted by Crippen LogP contribution is 2.17. The highest BCUT2D eigenvalue weighted by molar-refractivity contribution is 9.09. The van der Waals surface area contributed by atoms with Crippen molar-refractivity contribution in [1.29, 1.82) is 0 Å². The lowest BCUT2D eigenvalue weighted by Gasteiger charge is -2.20. The molecule has 0 atom stereocenters. The van der Waals surface area contributed by atoms with Crippen molar-refractivity contribution in [3.05, 3.63) is 28.1 Å². The van der Waals surface area contributed by atoms with Gasteiger partial charge in [0.1, 0.15) is 5.69 Å². The largest absolute Gasteiger partial charge is 0.340 e. The van der Waals surface area contributed by atoms with Gasteiger partial charge in [0.15, 0.2) is 0 Å². The van der Waals surface area contributed by atoms with E-state index in [-0.39, 0.29) is 11.6 Å². The fourth-order valence-electron chi connectivity index (χ4n) is 1.71. The first-order valence-corrected chi connectivity index (χ1v) is 6.79. The fourth-order valence-corrected chi connectivity index (χ4v) is 2.14. The van der Waals surface area contributed by atoms with Gasteiger partial charge in [-0.05, 0) is 6.42 Å². The minimum atomic E-state index is -0.495. The maximum Gasteiger partial charge on any atom is 0.287 e. The van der Waals surface area contributed by atoms with Crippen molar-refractivity contribution in [2.24, 2.45) is 7.05 Å². The number of aryl methyl sites for hydroxylation is 1. The first-order valence-electron chi connectivity index (χ1n) is 5.67. The van der Waals surface area contributed by atoms with Gasteiger partial charge < -0.3 is 9.47 Å². The average Bonchev–Trinajstić information content (AvgIpc) is 2.70. The van der Waals surface area contributed by atoms with Crippen LogP contribution in [0.2, 0.25) is 0 Å². The van der Waals surface area contributed by atoms with Crippen LogP contribution in [0.15, 0.2) is 12.3 Å². The minimum Gasteiger partial charge on any atom is -0.340 e. The second kappa shape index (κ2) is 6.53. The Labute approximate surface area is 114 Å². The summed E-state index contributed by atoms with van der Waals surface area (Å²) in [6, 6.07) is 1.32. The summed E-state index contributed by atoms with van der Waals surface area (Å²) in [7, 11) is 1.64. The van der Waals surface area contributed by atoms with Crippen LogP contribution in [-0.2, 0) is 7.05 Å². The summed E-state index contributed by atoms with van der Waals surface area (Å²) in [5.41, 5.74) is 0.284. The van der Waals surface area contributed by atoms with E-state index < -0.39 is 4.92 Å². The van der Waals surface area contributed by atoms with Crippen molar-refractivity contribution in [1.82, 2.24) is 9.47 Å². The Hall–Kier alpha value is -1.37. The Kier molecular flexibility index (Phi) is 5.33. The van der Waals surface area contributed by atoms with Gasteiger partial charge in [0, 0.05) is 31.5 Å². The Morgan fingerprint density at radius 3 is 2.67 bits per heavy atom. The first kappa shape index (κ1) is 14.7. The van der Waals surface area contributed by atoms with Gasteiger partial charge in [-0.2, -0.15) is 0 Å². The van der Waals surface area contributed by atoms with Gasteiger partial charge in [0.2, 0.25) is 0 Å². The molecule has 7 heteroatoms. The Balaban J connectivity index is 2.97. The lowest BCUT2D eigenvalue weighted by molar-refractivity contribution is -0.384. The molecular formula is C11H16BrN3O3. The molecule has 0 aromatic carbocycles. The predicted octanol–water partition coefficient (Wildman–Crippen LogP) is 2.18. The summed E-state index contributed by atoms with van der Waals surface area (Å²) in [5.74, 6) is -0.174. The van der Waals surface area contributed by atoms with Crippen molar-refractivity contribution < 1.29 is 9.72 Å². The third kappa shape index (κ3) is 3.32. The topological polar surface area (TPSA) is 68.4 Å². The number of carbonyl (C=O) groups excluding carboxylic acids is 1. The molecule has 1 aromatic heterocycles. The number of hydrogen-bond donors (Lipinski definition) is 0. The highest BCUT2D eigenvalue weighted by Gasteiger charge is 2.21. The molecule has 1 aromatic rings. The van der Waals surface area contributed by atoms with Crippen LogP contribution in [0.25, 0.3) is 0 Å². The summed E-state index contributed by atoms with van der Waals surface area (Å²) >= 11 is 3.30. The summed E-state index contributed by atoms with van der Waals surface area (Å²) in [5, 5.41) is 11.4. The Morgan fingerprint density at radius 1 is 1.56 bits per heavy atom. The Bertz CT molecular complexity index is 439. The number of aromatic nitrogens is 1. The molecule has 100 valence electrons. The second-order valence-electron chi connectivity index (χ2n) is 3.93. The quantitative estimate of drug-likeness (QED) is 0.459. The summed E-state index contributed by atoms with van der Waals surface area (Å²) in [4.78, 5) is 24.1.